The van der Waals surface area contributed by atoms with Crippen LogP contribution in [0.1, 0.15) is 30.8 Å². The summed E-state index contributed by atoms with van der Waals surface area (Å²) in [5.74, 6) is 1.46. The second kappa shape index (κ2) is 4.99. The Morgan fingerprint density at radius 1 is 1.25 bits per heavy atom. The Balaban J connectivity index is 1.71. The van der Waals surface area contributed by atoms with Gasteiger partial charge in [0.25, 0.3) is 0 Å². The van der Waals surface area contributed by atoms with Crippen molar-refractivity contribution < 1.29 is 14.6 Å². The van der Waals surface area contributed by atoms with Gasteiger partial charge in [-0.05, 0) is 36.8 Å². The Hall–Kier alpha value is -0.840. The summed E-state index contributed by atoms with van der Waals surface area (Å²) in [5.41, 5.74) is 0.334. The van der Waals surface area contributed by atoms with E-state index in [1.54, 1.807) is 6.07 Å². The molecule has 4 nitrogen and oxygen atoms in total. The van der Waals surface area contributed by atoms with E-state index in [-0.39, 0.29) is 13.2 Å². The third-order valence-corrected chi connectivity index (χ3v) is 3.27. The molecule has 0 amide bonds. The molecule has 1 aliphatic carbocycles. The zero-order valence-corrected chi connectivity index (χ0v) is 9.41. The van der Waals surface area contributed by atoms with Crippen molar-refractivity contribution in [1.82, 2.24) is 5.32 Å². The lowest BCUT2D eigenvalue weighted by molar-refractivity contribution is 0.238. The predicted octanol–water partition coefficient (Wildman–Crippen LogP) is 1.02. The molecule has 0 radical (unpaired) electrons. The van der Waals surface area contributed by atoms with E-state index in [2.05, 4.69) is 5.32 Å². The smallest absolute Gasteiger partial charge is 0.129 e. The van der Waals surface area contributed by atoms with E-state index in [0.29, 0.717) is 17.7 Å². The van der Waals surface area contributed by atoms with Gasteiger partial charge < -0.3 is 19.9 Å². The van der Waals surface area contributed by atoms with Gasteiger partial charge in [-0.25, -0.2) is 0 Å². The van der Waals surface area contributed by atoms with Crippen LogP contribution in [-0.2, 0) is 13.2 Å². The molecule has 1 aliphatic rings. The molecule has 16 heavy (non-hydrogen) atoms. The highest BCUT2D eigenvalue weighted by Gasteiger charge is 2.41. The standard InChI is InChI=1S/C12H19NO3/c14-6-5-12(3-4-12)9-13-7-10-1-2-11(8-15)16-10/h1-2,13-15H,3-9H2. The van der Waals surface area contributed by atoms with E-state index >= 15 is 0 Å². The number of hydrogen-bond donors (Lipinski definition) is 3. The quantitative estimate of drug-likeness (QED) is 0.648. The number of hydrogen-bond acceptors (Lipinski definition) is 4. The van der Waals surface area contributed by atoms with Crippen molar-refractivity contribution in [3.63, 3.8) is 0 Å². The first-order chi connectivity index (χ1) is 7.78. The fourth-order valence-corrected chi connectivity index (χ4v) is 1.98. The average Bonchev–Trinajstić information content (AvgIpc) is 2.89. The maximum absolute atomic E-state index is 8.92. The van der Waals surface area contributed by atoms with Gasteiger partial charge in [-0.15, -0.1) is 0 Å². The van der Waals surface area contributed by atoms with Crippen LogP contribution in [0.3, 0.4) is 0 Å². The Morgan fingerprint density at radius 2 is 2.00 bits per heavy atom. The SMILES string of the molecule is OCCC1(CNCc2ccc(CO)o2)CC1. The molecule has 2 rings (SSSR count). The zero-order chi connectivity index (χ0) is 11.4. The molecule has 90 valence electrons. The molecule has 1 aromatic heterocycles. The Bertz CT molecular complexity index is 331. The average molecular weight is 225 g/mol. The first-order valence-corrected chi connectivity index (χ1v) is 5.78. The van der Waals surface area contributed by atoms with E-state index in [1.165, 1.54) is 12.8 Å². The molecular weight excluding hydrogens is 206 g/mol. The monoisotopic (exact) mass is 225 g/mol. The van der Waals surface area contributed by atoms with Crippen molar-refractivity contribution in [2.75, 3.05) is 13.2 Å². The highest BCUT2D eigenvalue weighted by atomic mass is 16.4. The van der Waals surface area contributed by atoms with Crippen molar-refractivity contribution in [2.45, 2.75) is 32.4 Å². The molecule has 0 unspecified atom stereocenters. The molecule has 1 heterocycles. The number of aliphatic hydroxyl groups is 2. The van der Waals surface area contributed by atoms with Crippen LogP contribution in [0.2, 0.25) is 0 Å². The fraction of sp³-hybridized carbons (Fsp3) is 0.667. The van der Waals surface area contributed by atoms with E-state index < -0.39 is 0 Å². The van der Waals surface area contributed by atoms with E-state index in [1.807, 2.05) is 6.07 Å². The summed E-state index contributed by atoms with van der Waals surface area (Å²) in [5, 5.41) is 21.1. The lowest BCUT2D eigenvalue weighted by Gasteiger charge is -2.13. The zero-order valence-electron chi connectivity index (χ0n) is 9.41. The molecular formula is C12H19NO3. The number of aliphatic hydroxyl groups excluding tert-OH is 2. The van der Waals surface area contributed by atoms with E-state index in [4.69, 9.17) is 14.6 Å². The minimum Gasteiger partial charge on any atom is -0.462 e. The summed E-state index contributed by atoms with van der Waals surface area (Å²) in [6, 6.07) is 3.67. The lowest BCUT2D eigenvalue weighted by atomic mass is 10.0. The van der Waals surface area contributed by atoms with Crippen LogP contribution >= 0.6 is 0 Å². The third-order valence-electron chi connectivity index (χ3n) is 3.27. The third kappa shape index (κ3) is 2.84. The van der Waals surface area contributed by atoms with Gasteiger partial charge in [-0.1, -0.05) is 0 Å². The van der Waals surface area contributed by atoms with Crippen LogP contribution in [0.4, 0.5) is 0 Å². The maximum Gasteiger partial charge on any atom is 0.129 e. The van der Waals surface area contributed by atoms with Crippen molar-refractivity contribution in [3.8, 4) is 0 Å². The maximum atomic E-state index is 8.92. The molecule has 1 saturated carbocycles. The van der Waals surface area contributed by atoms with Gasteiger partial charge in [0.05, 0.1) is 6.54 Å². The van der Waals surface area contributed by atoms with Crippen LogP contribution < -0.4 is 5.32 Å². The van der Waals surface area contributed by atoms with E-state index in [9.17, 15) is 0 Å². The highest BCUT2D eigenvalue weighted by molar-refractivity contribution is 5.06. The molecule has 0 aliphatic heterocycles. The minimum atomic E-state index is -0.0472. The topological polar surface area (TPSA) is 65.6 Å². The Labute approximate surface area is 95.3 Å². The normalized spacial score (nSPS) is 17.6. The summed E-state index contributed by atoms with van der Waals surface area (Å²) < 4.78 is 5.37. The van der Waals surface area contributed by atoms with Crippen molar-refractivity contribution in [3.05, 3.63) is 23.7 Å². The van der Waals surface area contributed by atoms with Gasteiger partial charge in [0, 0.05) is 13.2 Å². The van der Waals surface area contributed by atoms with Gasteiger partial charge in [-0.2, -0.15) is 0 Å². The molecule has 0 atom stereocenters. The fourth-order valence-electron chi connectivity index (χ4n) is 1.98. The minimum absolute atomic E-state index is 0.0472. The molecule has 1 aromatic rings. The molecule has 0 bridgehead atoms. The van der Waals surface area contributed by atoms with Crippen LogP contribution in [-0.4, -0.2) is 23.4 Å². The summed E-state index contributed by atoms with van der Waals surface area (Å²) >= 11 is 0. The largest absolute Gasteiger partial charge is 0.462 e. The van der Waals surface area contributed by atoms with Gasteiger partial charge in [0.2, 0.25) is 0 Å². The first kappa shape index (κ1) is 11.6. The van der Waals surface area contributed by atoms with Gasteiger partial charge in [-0.3, -0.25) is 0 Å². The second-order valence-corrected chi connectivity index (χ2v) is 4.60. The summed E-state index contributed by atoms with van der Waals surface area (Å²) in [6.07, 6.45) is 3.31. The summed E-state index contributed by atoms with van der Waals surface area (Å²) in [4.78, 5) is 0. The van der Waals surface area contributed by atoms with Crippen molar-refractivity contribution in [1.29, 1.82) is 0 Å². The van der Waals surface area contributed by atoms with Crippen LogP contribution in [0.5, 0.6) is 0 Å². The molecule has 0 spiro atoms. The van der Waals surface area contributed by atoms with Gasteiger partial charge in [0.1, 0.15) is 18.1 Å². The molecule has 4 heteroatoms. The first-order valence-electron chi connectivity index (χ1n) is 5.78. The number of nitrogens with one attached hydrogen (secondary N) is 1. The summed E-state index contributed by atoms with van der Waals surface area (Å²) in [7, 11) is 0. The van der Waals surface area contributed by atoms with Gasteiger partial charge in [0.15, 0.2) is 0 Å². The second-order valence-electron chi connectivity index (χ2n) is 4.60. The van der Waals surface area contributed by atoms with Crippen LogP contribution in [0.25, 0.3) is 0 Å². The van der Waals surface area contributed by atoms with Gasteiger partial charge >= 0.3 is 0 Å². The molecule has 0 aromatic carbocycles. The number of furan rings is 1. The van der Waals surface area contributed by atoms with Crippen LogP contribution in [0, 0.1) is 5.41 Å². The Morgan fingerprint density at radius 3 is 2.56 bits per heavy atom. The predicted molar refractivity (Wildman–Crippen MR) is 59.7 cm³/mol. The molecule has 3 N–H and O–H groups in total. The van der Waals surface area contributed by atoms with Crippen molar-refractivity contribution in [2.24, 2.45) is 5.41 Å². The van der Waals surface area contributed by atoms with E-state index in [0.717, 1.165) is 18.7 Å². The summed E-state index contributed by atoms with van der Waals surface area (Å²) in [6.45, 7) is 1.85. The van der Waals surface area contributed by atoms with Crippen molar-refractivity contribution >= 4 is 0 Å². The van der Waals surface area contributed by atoms with Crippen LogP contribution in [0.15, 0.2) is 16.5 Å². The molecule has 1 fully saturated rings. The lowest BCUT2D eigenvalue weighted by Crippen LogP contribution is -2.24. The number of rotatable bonds is 7. The molecule has 0 saturated heterocycles. The highest BCUT2D eigenvalue weighted by Crippen LogP contribution is 2.47. The Kier molecular flexibility index (Phi) is 3.63.